The zero-order valence-corrected chi connectivity index (χ0v) is 19.2. The van der Waals surface area contributed by atoms with Crippen LogP contribution in [0.1, 0.15) is 48.5 Å². The van der Waals surface area contributed by atoms with Crippen molar-refractivity contribution in [2.45, 2.75) is 55.3 Å². The van der Waals surface area contributed by atoms with E-state index in [4.69, 9.17) is 11.6 Å². The molecule has 172 valence electrons. The zero-order valence-electron chi connectivity index (χ0n) is 17.7. The molecule has 2 N–H and O–H groups in total. The summed E-state index contributed by atoms with van der Waals surface area (Å²) in [5.74, 6) is -3.00. The number of carbonyl (C=O) groups excluding carboxylic acids is 1. The number of amides is 1. The highest BCUT2D eigenvalue weighted by molar-refractivity contribution is 7.92. The van der Waals surface area contributed by atoms with E-state index in [1.165, 1.54) is 18.2 Å². The lowest BCUT2D eigenvalue weighted by molar-refractivity contribution is -0.0413. The molecule has 2 saturated carbocycles. The standard InChI is InChI=1S/C23H24ClF2NO4S/c1-12-7-18(24)21(11-17(12)22(28)27-15-5-6-19(25)20(26)10-15)32(30,31)16-8-13-3-4-14(9-16)23(13,2)29/h5-7,10-11,13-14,16,29H,3-4,8-9H2,1-2H3,(H,27,28). The van der Waals surface area contributed by atoms with Crippen molar-refractivity contribution >= 4 is 33.0 Å². The Bertz CT molecular complexity index is 1180. The minimum atomic E-state index is -3.86. The molecule has 4 rings (SSSR count). The van der Waals surface area contributed by atoms with Crippen LogP contribution in [0.3, 0.4) is 0 Å². The van der Waals surface area contributed by atoms with Gasteiger partial charge in [-0.1, -0.05) is 11.6 Å². The molecule has 2 bridgehead atoms. The number of hydrogen-bond acceptors (Lipinski definition) is 4. The molecule has 9 heteroatoms. The van der Waals surface area contributed by atoms with Crippen LogP contribution < -0.4 is 5.32 Å². The lowest BCUT2D eigenvalue weighted by atomic mass is 9.76. The monoisotopic (exact) mass is 483 g/mol. The van der Waals surface area contributed by atoms with E-state index in [1.54, 1.807) is 13.8 Å². The third-order valence-corrected chi connectivity index (χ3v) is 9.70. The van der Waals surface area contributed by atoms with Gasteiger partial charge in [-0.2, -0.15) is 0 Å². The largest absolute Gasteiger partial charge is 0.390 e. The quantitative estimate of drug-likeness (QED) is 0.648. The van der Waals surface area contributed by atoms with Gasteiger partial charge in [-0.25, -0.2) is 17.2 Å². The predicted octanol–water partition coefficient (Wildman–Crippen LogP) is 4.89. The Morgan fingerprint density at radius 1 is 1.12 bits per heavy atom. The number of aliphatic hydroxyl groups is 1. The zero-order chi connectivity index (χ0) is 23.4. The summed E-state index contributed by atoms with van der Waals surface area (Å²) in [5.41, 5.74) is -0.304. The molecule has 2 aromatic carbocycles. The molecule has 5 nitrogen and oxygen atoms in total. The second-order valence-corrected chi connectivity index (χ2v) is 11.6. The second kappa shape index (κ2) is 8.08. The number of aryl methyl sites for hydroxylation is 1. The van der Waals surface area contributed by atoms with Crippen LogP contribution in [0.4, 0.5) is 14.5 Å². The molecule has 2 aliphatic carbocycles. The number of carbonyl (C=O) groups is 1. The molecule has 0 saturated heterocycles. The summed E-state index contributed by atoms with van der Waals surface area (Å²) in [6.45, 7) is 3.39. The van der Waals surface area contributed by atoms with E-state index in [1.807, 2.05) is 0 Å². The number of fused-ring (bicyclic) bond motifs is 2. The maximum absolute atomic E-state index is 13.5. The summed E-state index contributed by atoms with van der Waals surface area (Å²) in [6.07, 6.45) is 2.25. The van der Waals surface area contributed by atoms with Gasteiger partial charge in [0, 0.05) is 17.3 Å². The van der Waals surface area contributed by atoms with Gasteiger partial charge in [-0.3, -0.25) is 4.79 Å². The van der Waals surface area contributed by atoms with Gasteiger partial charge < -0.3 is 10.4 Å². The SMILES string of the molecule is Cc1cc(Cl)c(S(=O)(=O)C2CC3CCC(C2)C3(C)O)cc1C(=O)Nc1ccc(F)c(F)c1. The van der Waals surface area contributed by atoms with Crippen LogP contribution in [0.15, 0.2) is 35.2 Å². The predicted molar refractivity (Wildman–Crippen MR) is 118 cm³/mol. The van der Waals surface area contributed by atoms with E-state index >= 15 is 0 Å². The first-order valence-electron chi connectivity index (χ1n) is 10.4. The van der Waals surface area contributed by atoms with Crippen LogP contribution in [-0.2, 0) is 9.84 Å². The van der Waals surface area contributed by atoms with Crippen molar-refractivity contribution in [2.75, 3.05) is 5.32 Å². The molecule has 32 heavy (non-hydrogen) atoms. The minimum absolute atomic E-state index is 0.0246. The molecule has 2 unspecified atom stereocenters. The number of sulfone groups is 1. The van der Waals surface area contributed by atoms with Crippen molar-refractivity contribution in [3.05, 3.63) is 58.1 Å². The fourth-order valence-electron chi connectivity index (χ4n) is 5.08. The van der Waals surface area contributed by atoms with E-state index in [2.05, 4.69) is 5.32 Å². The van der Waals surface area contributed by atoms with E-state index in [9.17, 15) is 27.1 Å². The Hall–Kier alpha value is -2.03. The Morgan fingerprint density at radius 2 is 1.75 bits per heavy atom. The average molecular weight is 484 g/mol. The van der Waals surface area contributed by atoms with Crippen LogP contribution in [0.2, 0.25) is 5.02 Å². The van der Waals surface area contributed by atoms with Gasteiger partial charge in [0.15, 0.2) is 21.5 Å². The molecule has 0 radical (unpaired) electrons. The van der Waals surface area contributed by atoms with Gasteiger partial charge in [-0.15, -0.1) is 0 Å². The molecule has 1 amide bonds. The van der Waals surface area contributed by atoms with E-state index in [-0.39, 0.29) is 33.0 Å². The number of rotatable bonds is 4. The Kier molecular flexibility index (Phi) is 5.84. The van der Waals surface area contributed by atoms with Crippen molar-refractivity contribution in [2.24, 2.45) is 11.8 Å². The number of hydrogen-bond donors (Lipinski definition) is 2. The van der Waals surface area contributed by atoms with Crippen LogP contribution in [-0.4, -0.2) is 30.3 Å². The van der Waals surface area contributed by atoms with Gasteiger partial charge in [0.2, 0.25) is 0 Å². The van der Waals surface area contributed by atoms with Gasteiger partial charge in [0.05, 0.1) is 20.8 Å². The first-order valence-corrected chi connectivity index (χ1v) is 12.4. The highest BCUT2D eigenvalue weighted by atomic mass is 35.5. The minimum Gasteiger partial charge on any atom is -0.390 e. The van der Waals surface area contributed by atoms with Gasteiger partial charge >= 0.3 is 0 Å². The number of nitrogens with one attached hydrogen (secondary N) is 1. The van der Waals surface area contributed by atoms with Gasteiger partial charge in [0.1, 0.15) is 0 Å². The lowest BCUT2D eigenvalue weighted by Gasteiger charge is -2.40. The summed E-state index contributed by atoms with van der Waals surface area (Å²) in [4.78, 5) is 12.7. The summed E-state index contributed by atoms with van der Waals surface area (Å²) in [7, 11) is -3.86. The van der Waals surface area contributed by atoms with E-state index in [0.29, 0.717) is 18.4 Å². The summed E-state index contributed by atoms with van der Waals surface area (Å²) in [5, 5.41) is 12.5. The molecule has 2 atom stereocenters. The Labute approximate surface area is 190 Å². The highest BCUT2D eigenvalue weighted by Crippen LogP contribution is 2.51. The topological polar surface area (TPSA) is 83.5 Å². The van der Waals surface area contributed by atoms with Gasteiger partial charge in [-0.05, 0) is 81.2 Å². The van der Waals surface area contributed by atoms with E-state index < -0.39 is 38.2 Å². The van der Waals surface area contributed by atoms with Crippen LogP contribution in [0.25, 0.3) is 0 Å². The molecule has 2 aliphatic rings. The maximum atomic E-state index is 13.5. The fraction of sp³-hybridized carbons (Fsp3) is 0.435. The summed E-state index contributed by atoms with van der Waals surface area (Å²) in [6, 6.07) is 5.61. The molecule has 0 aliphatic heterocycles. The van der Waals surface area contributed by atoms with Crippen LogP contribution in [0, 0.1) is 30.4 Å². The summed E-state index contributed by atoms with van der Waals surface area (Å²) >= 11 is 6.30. The average Bonchev–Trinajstić information content (AvgIpc) is 2.87. The lowest BCUT2D eigenvalue weighted by Crippen LogP contribution is -2.45. The molecule has 2 aromatic rings. The molecule has 0 aromatic heterocycles. The molecule has 0 heterocycles. The van der Waals surface area contributed by atoms with Gasteiger partial charge in [0.25, 0.3) is 5.91 Å². The first kappa shape index (κ1) is 23.1. The molecular formula is C23H24ClF2NO4S. The third-order valence-electron chi connectivity index (χ3n) is 7.06. The normalized spacial score (nSPS) is 27.4. The Balaban J connectivity index is 1.65. The summed E-state index contributed by atoms with van der Waals surface area (Å²) < 4.78 is 53.6. The number of halogens is 3. The third kappa shape index (κ3) is 3.93. The van der Waals surface area contributed by atoms with Crippen molar-refractivity contribution < 1.29 is 27.1 Å². The maximum Gasteiger partial charge on any atom is 0.255 e. The van der Waals surface area contributed by atoms with Crippen LogP contribution in [0.5, 0.6) is 0 Å². The first-order chi connectivity index (χ1) is 14.9. The number of anilines is 1. The number of benzene rings is 2. The molecule has 2 fully saturated rings. The van der Waals surface area contributed by atoms with E-state index in [0.717, 1.165) is 25.0 Å². The van der Waals surface area contributed by atoms with Crippen LogP contribution >= 0.6 is 11.6 Å². The smallest absolute Gasteiger partial charge is 0.255 e. The second-order valence-electron chi connectivity index (χ2n) is 9.02. The van der Waals surface area contributed by atoms with Crippen molar-refractivity contribution in [1.82, 2.24) is 0 Å². The van der Waals surface area contributed by atoms with Crippen molar-refractivity contribution in [3.63, 3.8) is 0 Å². The van der Waals surface area contributed by atoms with Crippen molar-refractivity contribution in [1.29, 1.82) is 0 Å². The highest BCUT2D eigenvalue weighted by Gasteiger charge is 2.53. The Morgan fingerprint density at radius 3 is 2.34 bits per heavy atom. The molecular weight excluding hydrogens is 460 g/mol. The molecule has 0 spiro atoms. The fourth-order valence-corrected chi connectivity index (χ4v) is 7.57. The van der Waals surface area contributed by atoms with Crippen molar-refractivity contribution in [3.8, 4) is 0 Å².